The van der Waals surface area contributed by atoms with Crippen LogP contribution in [0.3, 0.4) is 0 Å². The molecule has 0 atom stereocenters. The number of halogens is 2. The Bertz CT molecular complexity index is 654. The Hall–Kier alpha value is -2.16. The van der Waals surface area contributed by atoms with Gasteiger partial charge in [0.1, 0.15) is 17.4 Å². The normalized spacial score (nSPS) is 13.1. The molecular formula is C16H12F2O. The fourth-order valence-electron chi connectivity index (χ4n) is 2.42. The zero-order valence-electron chi connectivity index (χ0n) is 10.4. The summed E-state index contributed by atoms with van der Waals surface area (Å²) in [5.74, 6) is -0.386. The van der Waals surface area contributed by atoms with Gasteiger partial charge < -0.3 is 4.74 Å². The molecule has 0 aromatic heterocycles. The third kappa shape index (κ3) is 2.12. The van der Waals surface area contributed by atoms with Crippen LogP contribution in [0, 0.1) is 11.6 Å². The number of hydrogen-bond donors (Lipinski definition) is 0. The van der Waals surface area contributed by atoms with Gasteiger partial charge in [-0.05, 0) is 52.9 Å². The molecule has 0 saturated heterocycles. The van der Waals surface area contributed by atoms with E-state index in [9.17, 15) is 8.78 Å². The fraction of sp³-hybridized carbons (Fsp3) is 0.125. The zero-order chi connectivity index (χ0) is 13.4. The highest BCUT2D eigenvalue weighted by atomic mass is 19.1. The van der Waals surface area contributed by atoms with Crippen LogP contribution >= 0.6 is 0 Å². The lowest BCUT2D eigenvalue weighted by atomic mass is 9.99. The average molecular weight is 258 g/mol. The van der Waals surface area contributed by atoms with E-state index in [-0.39, 0.29) is 0 Å². The molecule has 0 radical (unpaired) electrons. The molecule has 19 heavy (non-hydrogen) atoms. The lowest BCUT2D eigenvalue weighted by molar-refractivity contribution is 0.414. The minimum absolute atomic E-state index is 0.560. The maximum atomic E-state index is 13.3. The van der Waals surface area contributed by atoms with Crippen LogP contribution in [0.25, 0.3) is 5.57 Å². The van der Waals surface area contributed by atoms with E-state index in [0.29, 0.717) is 5.56 Å². The van der Waals surface area contributed by atoms with E-state index in [0.717, 1.165) is 34.9 Å². The van der Waals surface area contributed by atoms with Crippen molar-refractivity contribution in [3.05, 3.63) is 70.8 Å². The van der Waals surface area contributed by atoms with Crippen molar-refractivity contribution >= 4 is 5.57 Å². The van der Waals surface area contributed by atoms with Gasteiger partial charge in [-0.15, -0.1) is 0 Å². The molecule has 2 aromatic rings. The summed E-state index contributed by atoms with van der Waals surface area (Å²) in [5, 5.41) is 0. The summed E-state index contributed by atoms with van der Waals surface area (Å²) < 4.78 is 31.8. The number of methoxy groups -OCH3 is 1. The molecule has 0 saturated carbocycles. The molecule has 1 aliphatic carbocycles. The Morgan fingerprint density at radius 3 is 2.42 bits per heavy atom. The number of benzene rings is 2. The molecule has 1 aliphatic rings. The van der Waals surface area contributed by atoms with E-state index in [2.05, 4.69) is 0 Å². The highest BCUT2D eigenvalue weighted by molar-refractivity contribution is 5.85. The Morgan fingerprint density at radius 1 is 1.00 bits per heavy atom. The maximum absolute atomic E-state index is 13.3. The molecule has 3 heteroatoms. The molecule has 0 aliphatic heterocycles. The van der Waals surface area contributed by atoms with Gasteiger partial charge in [0.05, 0.1) is 7.11 Å². The highest BCUT2D eigenvalue weighted by Crippen LogP contribution is 2.35. The SMILES string of the molecule is COc1ccc2c(c1)C(c1cc(F)cc(F)c1)=CC2. The van der Waals surface area contributed by atoms with Crippen molar-refractivity contribution in [2.75, 3.05) is 7.11 Å². The smallest absolute Gasteiger partial charge is 0.126 e. The van der Waals surface area contributed by atoms with Crippen LogP contribution in [-0.4, -0.2) is 7.11 Å². The van der Waals surface area contributed by atoms with Crippen LogP contribution in [0.4, 0.5) is 8.78 Å². The van der Waals surface area contributed by atoms with E-state index >= 15 is 0 Å². The molecule has 2 aromatic carbocycles. The molecule has 0 bridgehead atoms. The van der Waals surface area contributed by atoms with Crippen molar-refractivity contribution in [3.8, 4) is 5.75 Å². The van der Waals surface area contributed by atoms with Crippen molar-refractivity contribution in [1.82, 2.24) is 0 Å². The molecular weight excluding hydrogens is 246 g/mol. The van der Waals surface area contributed by atoms with Crippen molar-refractivity contribution in [1.29, 1.82) is 0 Å². The average Bonchev–Trinajstić information content (AvgIpc) is 2.80. The van der Waals surface area contributed by atoms with Gasteiger partial charge in [-0.3, -0.25) is 0 Å². The van der Waals surface area contributed by atoms with Crippen LogP contribution in [0.5, 0.6) is 5.75 Å². The second kappa shape index (κ2) is 4.50. The topological polar surface area (TPSA) is 9.23 Å². The number of allylic oxidation sites excluding steroid dienone is 1. The molecule has 1 nitrogen and oxygen atoms in total. The van der Waals surface area contributed by atoms with Gasteiger partial charge in [0, 0.05) is 6.07 Å². The minimum Gasteiger partial charge on any atom is -0.497 e. The Balaban J connectivity index is 2.10. The Kier molecular flexibility index (Phi) is 2.82. The van der Waals surface area contributed by atoms with Crippen LogP contribution in [0.1, 0.15) is 16.7 Å². The van der Waals surface area contributed by atoms with Crippen LogP contribution in [0.15, 0.2) is 42.5 Å². The van der Waals surface area contributed by atoms with Crippen LogP contribution in [0.2, 0.25) is 0 Å². The summed E-state index contributed by atoms with van der Waals surface area (Å²) in [6.45, 7) is 0. The second-order valence-electron chi connectivity index (χ2n) is 4.50. The van der Waals surface area contributed by atoms with Crippen molar-refractivity contribution in [2.24, 2.45) is 0 Å². The van der Waals surface area contributed by atoms with Gasteiger partial charge in [-0.1, -0.05) is 12.1 Å². The van der Waals surface area contributed by atoms with Gasteiger partial charge in [-0.2, -0.15) is 0 Å². The molecule has 0 unspecified atom stereocenters. The van der Waals surface area contributed by atoms with E-state index < -0.39 is 11.6 Å². The van der Waals surface area contributed by atoms with E-state index in [1.54, 1.807) is 7.11 Å². The summed E-state index contributed by atoms with van der Waals surface area (Å²) in [6, 6.07) is 9.35. The highest BCUT2D eigenvalue weighted by Gasteiger charge is 2.17. The standard InChI is InChI=1S/C16H12F2O/c1-19-14-4-2-10-3-5-15(16(10)9-14)11-6-12(17)8-13(18)7-11/h2,4-9H,3H2,1H3. The second-order valence-corrected chi connectivity index (χ2v) is 4.50. The number of rotatable bonds is 2. The molecule has 0 N–H and O–H groups in total. The third-order valence-electron chi connectivity index (χ3n) is 3.31. The van der Waals surface area contributed by atoms with Gasteiger partial charge >= 0.3 is 0 Å². The van der Waals surface area contributed by atoms with E-state index in [1.165, 1.54) is 12.1 Å². The largest absolute Gasteiger partial charge is 0.497 e. The monoisotopic (exact) mass is 258 g/mol. The molecule has 0 heterocycles. The summed E-state index contributed by atoms with van der Waals surface area (Å²) in [6.07, 6.45) is 2.76. The molecule has 96 valence electrons. The van der Waals surface area contributed by atoms with Crippen molar-refractivity contribution in [3.63, 3.8) is 0 Å². The molecule has 0 amide bonds. The lowest BCUT2D eigenvalue weighted by Gasteiger charge is -2.09. The first-order chi connectivity index (χ1) is 9.17. The van der Waals surface area contributed by atoms with Crippen molar-refractivity contribution < 1.29 is 13.5 Å². The van der Waals surface area contributed by atoms with Gasteiger partial charge in [-0.25, -0.2) is 8.78 Å². The van der Waals surface area contributed by atoms with Gasteiger partial charge in [0.15, 0.2) is 0 Å². The summed E-state index contributed by atoms with van der Waals surface area (Å²) >= 11 is 0. The molecule has 0 fully saturated rings. The molecule has 0 spiro atoms. The zero-order valence-corrected chi connectivity index (χ0v) is 10.4. The quantitative estimate of drug-likeness (QED) is 0.792. The first-order valence-electron chi connectivity index (χ1n) is 6.01. The first kappa shape index (κ1) is 11.9. The van der Waals surface area contributed by atoms with Gasteiger partial charge in [0.2, 0.25) is 0 Å². The number of ether oxygens (including phenoxy) is 1. The lowest BCUT2D eigenvalue weighted by Crippen LogP contribution is -1.92. The minimum atomic E-state index is -0.563. The Morgan fingerprint density at radius 2 is 1.74 bits per heavy atom. The van der Waals surface area contributed by atoms with Crippen molar-refractivity contribution in [2.45, 2.75) is 6.42 Å². The van der Waals surface area contributed by atoms with Crippen LogP contribution < -0.4 is 4.74 Å². The van der Waals surface area contributed by atoms with E-state index in [4.69, 9.17) is 4.74 Å². The molecule has 3 rings (SSSR count). The van der Waals surface area contributed by atoms with E-state index in [1.807, 2.05) is 24.3 Å². The van der Waals surface area contributed by atoms with Gasteiger partial charge in [0.25, 0.3) is 0 Å². The predicted molar refractivity (Wildman–Crippen MR) is 70.1 cm³/mol. The third-order valence-corrected chi connectivity index (χ3v) is 3.31. The summed E-state index contributed by atoms with van der Waals surface area (Å²) in [5.41, 5.74) is 3.53. The Labute approximate surface area is 110 Å². The number of fused-ring (bicyclic) bond motifs is 1. The summed E-state index contributed by atoms with van der Waals surface area (Å²) in [4.78, 5) is 0. The first-order valence-corrected chi connectivity index (χ1v) is 6.01. The number of hydrogen-bond acceptors (Lipinski definition) is 1. The van der Waals surface area contributed by atoms with Crippen LogP contribution in [-0.2, 0) is 6.42 Å². The predicted octanol–water partition coefficient (Wildman–Crippen LogP) is 3.96. The summed E-state index contributed by atoms with van der Waals surface area (Å²) in [7, 11) is 1.60. The maximum Gasteiger partial charge on any atom is 0.126 e. The fourth-order valence-corrected chi connectivity index (χ4v) is 2.42.